The van der Waals surface area contributed by atoms with Crippen molar-refractivity contribution in [2.45, 2.75) is 54.4 Å². The Kier molecular flexibility index (Phi) is 7.25. The van der Waals surface area contributed by atoms with Crippen molar-refractivity contribution in [2.75, 3.05) is 0 Å². The maximum Gasteiger partial charge on any atom is 0.158 e. The van der Waals surface area contributed by atoms with Gasteiger partial charge in [0.05, 0.1) is 11.4 Å². The summed E-state index contributed by atoms with van der Waals surface area (Å²) in [5, 5.41) is 8.04. The van der Waals surface area contributed by atoms with Crippen LogP contribution in [-0.2, 0) is 0 Å². The monoisotopic (exact) mass is 249 g/mol. The molecule has 1 heterocycles. The van der Waals surface area contributed by atoms with E-state index < -0.39 is 0 Å². The summed E-state index contributed by atoms with van der Waals surface area (Å²) in [7, 11) is 0. The molecule has 1 N–H and O–H groups in total. The van der Waals surface area contributed by atoms with Crippen molar-refractivity contribution in [3.8, 4) is 0 Å². The van der Waals surface area contributed by atoms with Gasteiger partial charge in [-0.3, -0.25) is 0 Å². The zero-order valence-corrected chi connectivity index (χ0v) is 12.8. The quantitative estimate of drug-likeness (QED) is 0.782. The predicted octanol–water partition coefficient (Wildman–Crippen LogP) is 4.55. The first kappa shape index (κ1) is 16.6. The summed E-state index contributed by atoms with van der Waals surface area (Å²) >= 11 is 0. The summed E-state index contributed by atoms with van der Waals surface area (Å²) < 4.78 is 1.94. The lowest BCUT2D eigenvalue weighted by Gasteiger charge is -2.06. The molecule has 0 atom stereocenters. The van der Waals surface area contributed by atoms with E-state index in [1.807, 2.05) is 57.7 Å². The van der Waals surface area contributed by atoms with Crippen LogP contribution in [0, 0.1) is 11.3 Å². The van der Waals surface area contributed by atoms with Gasteiger partial charge in [0, 0.05) is 12.4 Å². The molecule has 0 saturated heterocycles. The Hall–Kier alpha value is -1.38. The average Bonchev–Trinajstić information content (AvgIpc) is 2.75. The van der Waals surface area contributed by atoms with Gasteiger partial charge in [-0.1, -0.05) is 47.6 Å². The molecule has 1 aromatic heterocycles. The molecule has 0 saturated carbocycles. The van der Waals surface area contributed by atoms with E-state index >= 15 is 0 Å². The molecular formula is C15H27N3. The summed E-state index contributed by atoms with van der Waals surface area (Å²) in [4.78, 5) is 4.54. The van der Waals surface area contributed by atoms with Crippen LogP contribution in [0.2, 0.25) is 0 Å². The SMILES string of the molecule is C/C=C\n1cc(C(C)C)nc1C(=N)C(C)C.CC. The smallest absolute Gasteiger partial charge is 0.158 e. The van der Waals surface area contributed by atoms with Crippen LogP contribution < -0.4 is 0 Å². The van der Waals surface area contributed by atoms with Crippen molar-refractivity contribution in [2.24, 2.45) is 5.92 Å². The highest BCUT2D eigenvalue weighted by molar-refractivity contribution is 5.97. The lowest BCUT2D eigenvalue weighted by atomic mass is 10.1. The van der Waals surface area contributed by atoms with E-state index in [4.69, 9.17) is 5.41 Å². The maximum absolute atomic E-state index is 8.04. The first-order valence-electron chi connectivity index (χ1n) is 6.77. The fourth-order valence-corrected chi connectivity index (χ4v) is 1.42. The van der Waals surface area contributed by atoms with Crippen molar-refractivity contribution in [1.82, 2.24) is 9.55 Å². The van der Waals surface area contributed by atoms with E-state index in [0.717, 1.165) is 11.5 Å². The van der Waals surface area contributed by atoms with Gasteiger partial charge >= 0.3 is 0 Å². The zero-order valence-electron chi connectivity index (χ0n) is 12.8. The van der Waals surface area contributed by atoms with E-state index in [1.54, 1.807) is 0 Å². The molecule has 0 fully saturated rings. The number of aromatic nitrogens is 2. The highest BCUT2D eigenvalue weighted by Gasteiger charge is 2.15. The predicted molar refractivity (Wildman–Crippen MR) is 80.3 cm³/mol. The Morgan fingerprint density at radius 1 is 1.28 bits per heavy atom. The second-order valence-corrected chi connectivity index (χ2v) is 4.60. The van der Waals surface area contributed by atoms with Crippen LogP contribution in [0.15, 0.2) is 12.3 Å². The first-order chi connectivity index (χ1) is 8.47. The molecule has 3 heteroatoms. The third-order valence-corrected chi connectivity index (χ3v) is 2.47. The molecule has 0 amide bonds. The molecule has 3 nitrogen and oxygen atoms in total. The van der Waals surface area contributed by atoms with Crippen LogP contribution in [0.25, 0.3) is 6.20 Å². The third kappa shape index (κ3) is 4.13. The number of nitrogens with one attached hydrogen (secondary N) is 1. The Morgan fingerprint density at radius 2 is 1.83 bits per heavy atom. The van der Waals surface area contributed by atoms with Crippen LogP contribution in [0.5, 0.6) is 0 Å². The standard InChI is InChI=1S/C13H21N3.C2H6/c1-6-7-16-8-11(9(2)3)15-13(16)12(14)10(4)5;1-2/h6-10,14H,1-5H3;1-2H3/b7-6-,14-12?;. The Morgan fingerprint density at radius 3 is 2.22 bits per heavy atom. The lowest BCUT2D eigenvalue weighted by Crippen LogP contribution is -2.12. The number of hydrogen-bond acceptors (Lipinski definition) is 2. The Balaban J connectivity index is 0.00000137. The molecule has 1 rings (SSSR count). The maximum atomic E-state index is 8.04. The number of nitrogens with zero attached hydrogens (tertiary/aromatic N) is 2. The second kappa shape index (κ2) is 7.85. The van der Waals surface area contributed by atoms with Crippen LogP contribution in [0.4, 0.5) is 0 Å². The van der Waals surface area contributed by atoms with Crippen molar-refractivity contribution in [3.63, 3.8) is 0 Å². The average molecular weight is 249 g/mol. The van der Waals surface area contributed by atoms with Crippen LogP contribution in [-0.4, -0.2) is 15.3 Å². The van der Waals surface area contributed by atoms with E-state index in [1.165, 1.54) is 0 Å². The molecule has 0 bridgehead atoms. The number of rotatable bonds is 4. The van der Waals surface area contributed by atoms with E-state index in [2.05, 4.69) is 18.8 Å². The number of hydrogen-bond donors (Lipinski definition) is 1. The van der Waals surface area contributed by atoms with Gasteiger partial charge in [0.15, 0.2) is 5.82 Å². The van der Waals surface area contributed by atoms with Crippen LogP contribution >= 0.6 is 0 Å². The van der Waals surface area contributed by atoms with Crippen molar-refractivity contribution < 1.29 is 0 Å². The van der Waals surface area contributed by atoms with Gasteiger partial charge in [-0.2, -0.15) is 0 Å². The molecular weight excluding hydrogens is 222 g/mol. The van der Waals surface area contributed by atoms with Crippen molar-refractivity contribution in [1.29, 1.82) is 5.41 Å². The van der Waals surface area contributed by atoms with Gasteiger partial charge < -0.3 is 9.98 Å². The van der Waals surface area contributed by atoms with E-state index in [9.17, 15) is 0 Å². The molecule has 0 aliphatic heterocycles. The normalized spacial score (nSPS) is 10.9. The molecule has 0 aromatic carbocycles. The summed E-state index contributed by atoms with van der Waals surface area (Å²) in [5.74, 6) is 1.36. The Labute approximate surface area is 111 Å². The van der Waals surface area contributed by atoms with Crippen molar-refractivity contribution in [3.05, 3.63) is 23.8 Å². The van der Waals surface area contributed by atoms with Gasteiger partial charge in [-0.25, -0.2) is 4.98 Å². The lowest BCUT2D eigenvalue weighted by molar-refractivity contribution is 0.826. The van der Waals surface area contributed by atoms with E-state index in [0.29, 0.717) is 11.6 Å². The minimum Gasteiger partial charge on any atom is -0.306 e. The zero-order chi connectivity index (χ0) is 14.3. The molecule has 0 unspecified atom stereocenters. The summed E-state index contributed by atoms with van der Waals surface area (Å²) in [6, 6.07) is 0. The molecule has 0 radical (unpaired) electrons. The summed E-state index contributed by atoms with van der Waals surface area (Å²) in [6.45, 7) is 14.2. The minimum absolute atomic E-state index is 0.200. The highest BCUT2D eigenvalue weighted by Crippen LogP contribution is 2.16. The summed E-state index contributed by atoms with van der Waals surface area (Å²) in [5.41, 5.74) is 1.63. The highest BCUT2D eigenvalue weighted by atomic mass is 15.1. The molecule has 0 spiro atoms. The van der Waals surface area contributed by atoms with Gasteiger partial charge in [-0.05, 0) is 18.8 Å². The van der Waals surface area contributed by atoms with Gasteiger partial charge in [-0.15, -0.1) is 0 Å². The van der Waals surface area contributed by atoms with Gasteiger partial charge in [0.1, 0.15) is 0 Å². The van der Waals surface area contributed by atoms with Crippen LogP contribution in [0.1, 0.15) is 65.9 Å². The molecule has 0 aliphatic rings. The van der Waals surface area contributed by atoms with E-state index in [-0.39, 0.29) is 5.92 Å². The minimum atomic E-state index is 0.200. The second-order valence-electron chi connectivity index (χ2n) is 4.60. The fraction of sp³-hybridized carbons (Fsp3) is 0.600. The largest absolute Gasteiger partial charge is 0.306 e. The molecule has 18 heavy (non-hydrogen) atoms. The number of imidazole rings is 1. The molecule has 1 aromatic rings. The van der Waals surface area contributed by atoms with Gasteiger partial charge in [0.25, 0.3) is 0 Å². The molecule has 102 valence electrons. The third-order valence-electron chi connectivity index (χ3n) is 2.47. The van der Waals surface area contributed by atoms with Crippen molar-refractivity contribution >= 4 is 11.9 Å². The first-order valence-corrected chi connectivity index (χ1v) is 6.77. The fourth-order valence-electron chi connectivity index (χ4n) is 1.42. The Bertz CT molecular complexity index is 398. The summed E-state index contributed by atoms with van der Waals surface area (Å²) in [6.07, 6.45) is 5.92. The van der Waals surface area contributed by atoms with Gasteiger partial charge in [0.2, 0.25) is 0 Å². The van der Waals surface area contributed by atoms with Crippen LogP contribution in [0.3, 0.4) is 0 Å². The molecule has 0 aliphatic carbocycles. The topological polar surface area (TPSA) is 41.7 Å². The number of allylic oxidation sites excluding steroid dienone is 1.